The zero-order chi connectivity index (χ0) is 15.9. The van der Waals surface area contributed by atoms with Crippen LogP contribution in [-0.4, -0.2) is 17.6 Å². The van der Waals surface area contributed by atoms with E-state index in [1.165, 1.54) is 5.56 Å². The lowest BCUT2D eigenvalue weighted by molar-refractivity contribution is 0.187. The van der Waals surface area contributed by atoms with E-state index in [-0.39, 0.29) is 12.5 Å². The van der Waals surface area contributed by atoms with Gasteiger partial charge in [0.15, 0.2) is 5.96 Å². The number of nitrogens with zero attached hydrogens (tertiary/aromatic N) is 1. The zero-order valence-corrected chi connectivity index (χ0v) is 13.2. The summed E-state index contributed by atoms with van der Waals surface area (Å²) in [4.78, 5) is 4.15. The van der Waals surface area contributed by atoms with Gasteiger partial charge in [0.1, 0.15) is 6.10 Å². The van der Waals surface area contributed by atoms with Gasteiger partial charge in [-0.15, -0.1) is 0 Å². The highest BCUT2D eigenvalue weighted by atomic mass is 35.5. The molecule has 0 aromatic heterocycles. The molecule has 4 N–H and O–H groups in total. The van der Waals surface area contributed by atoms with Gasteiger partial charge in [-0.2, -0.15) is 0 Å². The van der Waals surface area contributed by atoms with Crippen molar-refractivity contribution in [2.24, 2.45) is 10.7 Å². The number of aliphatic hydroxyl groups excluding tert-OH is 1. The fourth-order valence-electron chi connectivity index (χ4n) is 2.04. The van der Waals surface area contributed by atoms with Crippen molar-refractivity contribution in [3.8, 4) is 0 Å². The van der Waals surface area contributed by atoms with Crippen molar-refractivity contribution < 1.29 is 5.11 Å². The standard InChI is InChI=1S/C17H20ClN3O/c1-2-12-7-9-13(10-8-12)21-17(19)20-11-16(22)14-5-3-4-6-15(14)18/h3-10,16,22H,2,11H2,1H3,(H3,19,20,21). The number of guanidine groups is 1. The molecule has 0 amide bonds. The van der Waals surface area contributed by atoms with Crippen LogP contribution in [0.25, 0.3) is 0 Å². The first-order chi connectivity index (χ1) is 10.6. The van der Waals surface area contributed by atoms with Gasteiger partial charge in [0.25, 0.3) is 0 Å². The summed E-state index contributed by atoms with van der Waals surface area (Å²) in [5, 5.41) is 13.6. The van der Waals surface area contributed by atoms with Crippen LogP contribution in [0.4, 0.5) is 5.69 Å². The summed E-state index contributed by atoms with van der Waals surface area (Å²) in [5.74, 6) is 0.260. The van der Waals surface area contributed by atoms with Gasteiger partial charge in [0, 0.05) is 16.3 Å². The molecule has 22 heavy (non-hydrogen) atoms. The molecule has 116 valence electrons. The van der Waals surface area contributed by atoms with Crippen LogP contribution in [0.1, 0.15) is 24.2 Å². The fourth-order valence-corrected chi connectivity index (χ4v) is 2.30. The Balaban J connectivity index is 1.95. The molecule has 2 rings (SSSR count). The Hall–Kier alpha value is -2.04. The first kappa shape index (κ1) is 16.3. The van der Waals surface area contributed by atoms with Crippen molar-refractivity contribution in [1.82, 2.24) is 0 Å². The van der Waals surface area contributed by atoms with Gasteiger partial charge in [0.05, 0.1) is 6.54 Å². The first-order valence-corrected chi connectivity index (χ1v) is 7.56. The molecule has 4 nitrogen and oxygen atoms in total. The molecule has 0 fully saturated rings. The summed E-state index contributed by atoms with van der Waals surface area (Å²) in [7, 11) is 0. The molecular formula is C17H20ClN3O. The van der Waals surface area contributed by atoms with Crippen LogP contribution in [0.3, 0.4) is 0 Å². The van der Waals surface area contributed by atoms with Crippen LogP contribution in [0, 0.1) is 0 Å². The molecular weight excluding hydrogens is 298 g/mol. The first-order valence-electron chi connectivity index (χ1n) is 7.18. The molecule has 0 aliphatic rings. The molecule has 0 saturated carbocycles. The molecule has 0 heterocycles. The van der Waals surface area contributed by atoms with Gasteiger partial charge in [-0.25, -0.2) is 0 Å². The molecule has 0 bridgehead atoms. The Morgan fingerprint density at radius 1 is 1.23 bits per heavy atom. The molecule has 1 unspecified atom stereocenters. The molecule has 1 atom stereocenters. The van der Waals surface area contributed by atoms with E-state index in [0.717, 1.165) is 12.1 Å². The average molecular weight is 318 g/mol. The Morgan fingerprint density at radius 3 is 2.55 bits per heavy atom. The second-order valence-corrected chi connectivity index (χ2v) is 5.35. The Kier molecular flexibility index (Phi) is 5.81. The summed E-state index contributed by atoms with van der Waals surface area (Å²) in [6.07, 6.45) is 0.213. The van der Waals surface area contributed by atoms with Crippen molar-refractivity contribution in [3.05, 3.63) is 64.7 Å². The summed E-state index contributed by atoms with van der Waals surface area (Å²) in [5.41, 5.74) is 8.61. The van der Waals surface area contributed by atoms with E-state index in [1.807, 2.05) is 36.4 Å². The number of nitrogens with one attached hydrogen (secondary N) is 1. The molecule has 2 aromatic carbocycles. The quantitative estimate of drug-likeness (QED) is 0.585. The van der Waals surface area contributed by atoms with Gasteiger partial charge in [-0.1, -0.05) is 48.9 Å². The van der Waals surface area contributed by atoms with Gasteiger partial charge < -0.3 is 16.2 Å². The largest absolute Gasteiger partial charge is 0.386 e. The van der Waals surface area contributed by atoms with E-state index < -0.39 is 6.10 Å². The van der Waals surface area contributed by atoms with Crippen molar-refractivity contribution in [3.63, 3.8) is 0 Å². The minimum absolute atomic E-state index is 0.148. The molecule has 2 aromatic rings. The zero-order valence-electron chi connectivity index (χ0n) is 12.5. The van der Waals surface area contributed by atoms with E-state index in [2.05, 4.69) is 17.2 Å². The normalized spacial score (nSPS) is 13.0. The second kappa shape index (κ2) is 7.82. The molecule has 5 heteroatoms. The molecule has 0 aliphatic heterocycles. The maximum absolute atomic E-state index is 10.1. The highest BCUT2D eigenvalue weighted by Crippen LogP contribution is 2.22. The molecule has 0 saturated heterocycles. The van der Waals surface area contributed by atoms with E-state index in [9.17, 15) is 5.11 Å². The number of halogens is 1. The van der Waals surface area contributed by atoms with E-state index in [4.69, 9.17) is 17.3 Å². The number of nitrogens with two attached hydrogens (primary N) is 1. The van der Waals surface area contributed by atoms with Crippen LogP contribution >= 0.6 is 11.6 Å². The Bertz CT molecular complexity index is 641. The lowest BCUT2D eigenvalue weighted by Gasteiger charge is -2.11. The molecule has 0 radical (unpaired) electrons. The predicted molar refractivity (Wildman–Crippen MR) is 92.3 cm³/mol. The highest BCUT2D eigenvalue weighted by Gasteiger charge is 2.10. The van der Waals surface area contributed by atoms with Crippen molar-refractivity contribution in [2.75, 3.05) is 11.9 Å². The number of anilines is 1. The van der Waals surface area contributed by atoms with Crippen LogP contribution < -0.4 is 11.1 Å². The maximum atomic E-state index is 10.1. The number of hydrogen-bond acceptors (Lipinski definition) is 2. The van der Waals surface area contributed by atoms with Gasteiger partial charge in [-0.3, -0.25) is 4.99 Å². The topological polar surface area (TPSA) is 70.6 Å². The maximum Gasteiger partial charge on any atom is 0.193 e. The second-order valence-electron chi connectivity index (χ2n) is 4.94. The monoisotopic (exact) mass is 317 g/mol. The van der Waals surface area contributed by atoms with Crippen molar-refractivity contribution in [1.29, 1.82) is 0 Å². The van der Waals surface area contributed by atoms with Crippen molar-refractivity contribution >= 4 is 23.2 Å². The van der Waals surface area contributed by atoms with Crippen molar-refractivity contribution in [2.45, 2.75) is 19.4 Å². The lowest BCUT2D eigenvalue weighted by atomic mass is 10.1. The van der Waals surface area contributed by atoms with Crippen LogP contribution in [-0.2, 0) is 6.42 Å². The van der Waals surface area contributed by atoms with E-state index in [1.54, 1.807) is 12.1 Å². The van der Waals surface area contributed by atoms with Gasteiger partial charge >= 0.3 is 0 Å². The number of hydrogen-bond donors (Lipinski definition) is 3. The van der Waals surface area contributed by atoms with E-state index >= 15 is 0 Å². The summed E-state index contributed by atoms with van der Waals surface area (Å²) in [6.45, 7) is 2.25. The fraction of sp³-hybridized carbons (Fsp3) is 0.235. The third-order valence-electron chi connectivity index (χ3n) is 3.33. The van der Waals surface area contributed by atoms with Gasteiger partial charge in [0.2, 0.25) is 0 Å². The smallest absolute Gasteiger partial charge is 0.193 e. The number of benzene rings is 2. The van der Waals surface area contributed by atoms with E-state index in [0.29, 0.717) is 10.6 Å². The third kappa shape index (κ3) is 4.48. The van der Waals surface area contributed by atoms with Crippen LogP contribution in [0.2, 0.25) is 5.02 Å². The highest BCUT2D eigenvalue weighted by molar-refractivity contribution is 6.31. The van der Waals surface area contributed by atoms with Gasteiger partial charge in [-0.05, 0) is 30.2 Å². The Labute approximate surface area is 135 Å². The number of rotatable bonds is 5. The molecule has 0 aliphatic carbocycles. The number of aliphatic imine (C=N–C) groups is 1. The number of aliphatic hydroxyl groups is 1. The minimum atomic E-state index is -0.781. The Morgan fingerprint density at radius 2 is 1.91 bits per heavy atom. The minimum Gasteiger partial charge on any atom is -0.386 e. The van der Waals surface area contributed by atoms with Crippen LogP contribution in [0.5, 0.6) is 0 Å². The average Bonchev–Trinajstić information content (AvgIpc) is 2.54. The predicted octanol–water partition coefficient (Wildman–Crippen LogP) is 3.36. The summed E-state index contributed by atoms with van der Waals surface area (Å²) >= 11 is 6.04. The third-order valence-corrected chi connectivity index (χ3v) is 3.68. The SMILES string of the molecule is CCc1ccc(NC(N)=NCC(O)c2ccccc2Cl)cc1. The van der Waals surface area contributed by atoms with Crippen LogP contribution in [0.15, 0.2) is 53.5 Å². The summed E-state index contributed by atoms with van der Waals surface area (Å²) in [6, 6.07) is 15.1. The molecule has 0 spiro atoms. The number of aryl methyl sites for hydroxylation is 1. The summed E-state index contributed by atoms with van der Waals surface area (Å²) < 4.78 is 0. The lowest BCUT2D eigenvalue weighted by Crippen LogP contribution is -2.23.